The van der Waals surface area contributed by atoms with Crippen molar-refractivity contribution in [3.63, 3.8) is 0 Å². The van der Waals surface area contributed by atoms with Crippen molar-refractivity contribution in [1.82, 2.24) is 0 Å². The summed E-state index contributed by atoms with van der Waals surface area (Å²) >= 11 is 0. The van der Waals surface area contributed by atoms with Crippen molar-refractivity contribution in [2.75, 3.05) is 26.4 Å². The fraction of sp³-hybridized carbons (Fsp3) is 0.438. The normalized spacial score (nSPS) is 18.1. The quantitative estimate of drug-likeness (QED) is 0.165. The molecule has 3 aromatic carbocycles. The Morgan fingerprint density at radius 2 is 1.17 bits per heavy atom. The fourth-order valence-corrected chi connectivity index (χ4v) is 4.49. The number of epoxide rings is 2. The van der Waals surface area contributed by atoms with E-state index in [0.29, 0.717) is 13.2 Å². The molecule has 2 aliphatic heterocycles. The number of benzene rings is 3. The number of rotatable bonds is 15. The lowest BCUT2D eigenvalue weighted by Crippen LogP contribution is -2.06. The molecule has 0 radical (unpaired) electrons. The van der Waals surface area contributed by atoms with E-state index in [1.54, 1.807) is 0 Å². The molecule has 4 nitrogen and oxygen atoms in total. The van der Waals surface area contributed by atoms with E-state index in [1.165, 1.54) is 66.3 Å². The molecule has 2 atom stereocenters. The molecule has 0 N–H and O–H groups in total. The van der Waals surface area contributed by atoms with Crippen molar-refractivity contribution in [3.05, 3.63) is 72.3 Å². The van der Waals surface area contributed by atoms with Crippen molar-refractivity contribution in [3.8, 4) is 33.8 Å². The van der Waals surface area contributed by atoms with Gasteiger partial charge in [-0.15, -0.1) is 0 Å². The molecule has 0 aliphatic carbocycles. The Morgan fingerprint density at radius 1 is 0.639 bits per heavy atom. The van der Waals surface area contributed by atoms with Crippen molar-refractivity contribution in [2.45, 2.75) is 64.1 Å². The van der Waals surface area contributed by atoms with Crippen LogP contribution in [0.5, 0.6) is 11.5 Å². The zero-order chi connectivity index (χ0) is 24.6. The molecule has 0 spiro atoms. The first-order valence-electron chi connectivity index (χ1n) is 13.6. The minimum Gasteiger partial charge on any atom is -0.491 e. The Kier molecular flexibility index (Phi) is 8.58. The zero-order valence-electron chi connectivity index (χ0n) is 21.4. The highest BCUT2D eigenvalue weighted by atomic mass is 16.6. The fourth-order valence-electron chi connectivity index (χ4n) is 4.49. The van der Waals surface area contributed by atoms with Crippen molar-refractivity contribution < 1.29 is 18.9 Å². The van der Waals surface area contributed by atoms with Crippen LogP contribution in [-0.4, -0.2) is 38.6 Å². The molecule has 0 amide bonds. The van der Waals surface area contributed by atoms with Gasteiger partial charge in [-0.2, -0.15) is 0 Å². The van der Waals surface area contributed by atoms with Crippen LogP contribution in [0.15, 0.2) is 66.7 Å². The maximum Gasteiger partial charge on any atom is 0.122 e. The van der Waals surface area contributed by atoms with Crippen LogP contribution < -0.4 is 9.47 Å². The van der Waals surface area contributed by atoms with Gasteiger partial charge in [0.05, 0.1) is 13.2 Å². The molecular weight excluding hydrogens is 448 g/mol. The van der Waals surface area contributed by atoms with Gasteiger partial charge in [-0.25, -0.2) is 0 Å². The van der Waals surface area contributed by atoms with Gasteiger partial charge in [0.15, 0.2) is 0 Å². The van der Waals surface area contributed by atoms with Gasteiger partial charge in [-0.3, -0.25) is 0 Å². The SMILES string of the molecule is CCCCCCCCc1cc(-c2ccc(-c3ccc(OCC4CO4)cc3)cc2)ccc1OCC1CO1. The smallest absolute Gasteiger partial charge is 0.122 e. The third-order valence-electron chi connectivity index (χ3n) is 6.93. The predicted octanol–water partition coefficient (Wildman–Crippen LogP) is 7.48. The Labute approximate surface area is 215 Å². The summed E-state index contributed by atoms with van der Waals surface area (Å²) in [7, 11) is 0. The molecule has 3 aromatic rings. The van der Waals surface area contributed by atoms with Crippen molar-refractivity contribution in [2.24, 2.45) is 0 Å². The molecule has 2 unspecified atom stereocenters. The first-order chi connectivity index (χ1) is 17.8. The van der Waals surface area contributed by atoms with E-state index in [1.807, 2.05) is 12.1 Å². The van der Waals surface area contributed by atoms with Gasteiger partial charge in [-0.1, -0.05) is 81.5 Å². The molecule has 2 aliphatic rings. The molecule has 0 bridgehead atoms. The molecular formula is C32H38O4. The van der Waals surface area contributed by atoms with Crippen LogP contribution in [0.1, 0.15) is 51.0 Å². The van der Waals surface area contributed by atoms with E-state index in [4.69, 9.17) is 18.9 Å². The molecule has 2 saturated heterocycles. The van der Waals surface area contributed by atoms with Crippen molar-refractivity contribution in [1.29, 1.82) is 0 Å². The predicted molar refractivity (Wildman–Crippen MR) is 145 cm³/mol. The maximum atomic E-state index is 6.13. The molecule has 36 heavy (non-hydrogen) atoms. The van der Waals surface area contributed by atoms with E-state index in [-0.39, 0.29) is 12.2 Å². The monoisotopic (exact) mass is 486 g/mol. The van der Waals surface area contributed by atoms with Gasteiger partial charge in [0.25, 0.3) is 0 Å². The summed E-state index contributed by atoms with van der Waals surface area (Å²) in [4.78, 5) is 0. The Balaban J connectivity index is 1.23. The average Bonchev–Trinajstić information content (AvgIpc) is 3.85. The highest BCUT2D eigenvalue weighted by Gasteiger charge is 2.24. The summed E-state index contributed by atoms with van der Waals surface area (Å²) in [6, 6.07) is 23.8. The molecule has 5 rings (SSSR count). The van der Waals surface area contributed by atoms with E-state index in [0.717, 1.165) is 31.1 Å². The van der Waals surface area contributed by atoms with Crippen LogP contribution >= 0.6 is 0 Å². The molecule has 0 aromatic heterocycles. The first-order valence-corrected chi connectivity index (χ1v) is 13.6. The minimum absolute atomic E-state index is 0.270. The second kappa shape index (κ2) is 12.4. The van der Waals surface area contributed by atoms with E-state index < -0.39 is 0 Å². The van der Waals surface area contributed by atoms with Crippen LogP contribution in [0.4, 0.5) is 0 Å². The third-order valence-corrected chi connectivity index (χ3v) is 6.93. The molecule has 2 fully saturated rings. The van der Waals surface area contributed by atoms with Crippen LogP contribution in [0, 0.1) is 0 Å². The zero-order valence-corrected chi connectivity index (χ0v) is 21.4. The van der Waals surface area contributed by atoms with Crippen LogP contribution in [0.3, 0.4) is 0 Å². The summed E-state index contributed by atoms with van der Waals surface area (Å²) < 4.78 is 22.4. The summed E-state index contributed by atoms with van der Waals surface area (Å²) in [5, 5.41) is 0. The summed E-state index contributed by atoms with van der Waals surface area (Å²) in [6.45, 7) is 5.18. The van der Waals surface area contributed by atoms with Crippen LogP contribution in [-0.2, 0) is 15.9 Å². The number of ether oxygens (including phenoxy) is 4. The Bertz CT molecular complexity index is 1080. The molecule has 190 valence electrons. The number of unbranched alkanes of at least 4 members (excludes halogenated alkanes) is 5. The standard InChI is InChI=1S/C32H38O4/c1-2-3-4-5-6-7-8-28-19-27(15-18-32(28)36-23-31-22-35-31)26-11-9-24(10-12-26)25-13-16-29(17-14-25)33-20-30-21-34-30/h9-19,30-31H,2-8,20-23H2,1H3. The van der Waals surface area contributed by atoms with Gasteiger partial charge in [0.2, 0.25) is 0 Å². The van der Waals surface area contributed by atoms with E-state index in [2.05, 4.69) is 61.5 Å². The van der Waals surface area contributed by atoms with Crippen LogP contribution in [0.2, 0.25) is 0 Å². The lowest BCUT2D eigenvalue weighted by atomic mass is 9.97. The van der Waals surface area contributed by atoms with Gasteiger partial charge in [0.1, 0.15) is 36.9 Å². The topological polar surface area (TPSA) is 43.5 Å². The lowest BCUT2D eigenvalue weighted by molar-refractivity contribution is 0.261. The highest BCUT2D eigenvalue weighted by Crippen LogP contribution is 2.31. The largest absolute Gasteiger partial charge is 0.491 e. The maximum absolute atomic E-state index is 6.13. The lowest BCUT2D eigenvalue weighted by Gasteiger charge is -2.14. The minimum atomic E-state index is 0.270. The van der Waals surface area contributed by atoms with Crippen LogP contribution in [0.25, 0.3) is 22.3 Å². The average molecular weight is 487 g/mol. The van der Waals surface area contributed by atoms with E-state index >= 15 is 0 Å². The third kappa shape index (κ3) is 7.35. The van der Waals surface area contributed by atoms with Gasteiger partial charge in [0, 0.05) is 0 Å². The van der Waals surface area contributed by atoms with Crippen molar-refractivity contribution >= 4 is 0 Å². The first kappa shape index (κ1) is 24.9. The van der Waals surface area contributed by atoms with Gasteiger partial charge in [-0.05, 0) is 64.9 Å². The number of hydrogen-bond donors (Lipinski definition) is 0. The number of aryl methyl sites for hydroxylation is 1. The Morgan fingerprint density at radius 3 is 1.81 bits per heavy atom. The summed E-state index contributed by atoms with van der Waals surface area (Å²) in [5.74, 6) is 1.90. The molecule has 4 heteroatoms. The number of hydrogen-bond acceptors (Lipinski definition) is 4. The van der Waals surface area contributed by atoms with E-state index in [9.17, 15) is 0 Å². The second-order valence-electron chi connectivity index (χ2n) is 9.97. The Hall–Kier alpha value is -2.82. The highest BCUT2D eigenvalue weighted by molar-refractivity contribution is 5.71. The summed E-state index contributed by atoms with van der Waals surface area (Å²) in [6.07, 6.45) is 9.38. The van der Waals surface area contributed by atoms with Gasteiger partial charge >= 0.3 is 0 Å². The summed E-state index contributed by atoms with van der Waals surface area (Å²) in [5.41, 5.74) is 6.16. The van der Waals surface area contributed by atoms with Gasteiger partial charge < -0.3 is 18.9 Å². The second-order valence-corrected chi connectivity index (χ2v) is 9.97. The molecule has 2 heterocycles. The molecule has 0 saturated carbocycles.